The highest BCUT2D eigenvalue weighted by molar-refractivity contribution is 6.10. The summed E-state index contributed by atoms with van der Waals surface area (Å²) in [4.78, 5) is 15.0. The molecule has 1 aliphatic rings. The highest BCUT2D eigenvalue weighted by Crippen LogP contribution is 2.27. The summed E-state index contributed by atoms with van der Waals surface area (Å²) < 4.78 is 11.2. The topological polar surface area (TPSA) is 38.8 Å². The number of methoxy groups -OCH3 is 1. The molecule has 1 fully saturated rings. The van der Waals surface area contributed by atoms with Gasteiger partial charge in [-0.3, -0.25) is 9.69 Å². The zero-order chi connectivity index (χ0) is 16.8. The fourth-order valence-electron chi connectivity index (χ4n) is 2.99. The van der Waals surface area contributed by atoms with Crippen LogP contribution in [-0.2, 0) is 0 Å². The Hall–Kier alpha value is -2.33. The molecule has 126 valence electrons. The molecular weight excluding hydrogens is 302 g/mol. The number of nitrogens with zero attached hydrogens (tertiary/aromatic N) is 1. The van der Waals surface area contributed by atoms with Crippen LogP contribution in [0, 0.1) is 0 Å². The molecular formula is C20H23NO3. The van der Waals surface area contributed by atoms with Crippen molar-refractivity contribution in [3.63, 3.8) is 0 Å². The van der Waals surface area contributed by atoms with Crippen molar-refractivity contribution in [1.82, 2.24) is 4.90 Å². The monoisotopic (exact) mass is 325 g/mol. The van der Waals surface area contributed by atoms with Gasteiger partial charge in [-0.1, -0.05) is 30.3 Å². The Morgan fingerprint density at radius 1 is 1.08 bits per heavy atom. The maximum atomic E-state index is 12.6. The van der Waals surface area contributed by atoms with E-state index in [1.165, 1.54) is 12.8 Å². The van der Waals surface area contributed by atoms with E-state index in [1.54, 1.807) is 19.2 Å². The van der Waals surface area contributed by atoms with Gasteiger partial charge in [-0.25, -0.2) is 0 Å². The molecule has 0 unspecified atom stereocenters. The molecule has 0 bridgehead atoms. The Morgan fingerprint density at radius 3 is 2.54 bits per heavy atom. The second-order valence-corrected chi connectivity index (χ2v) is 5.95. The van der Waals surface area contributed by atoms with Gasteiger partial charge in [-0.2, -0.15) is 0 Å². The number of ketones is 1. The van der Waals surface area contributed by atoms with Gasteiger partial charge in [0, 0.05) is 18.2 Å². The van der Waals surface area contributed by atoms with Gasteiger partial charge in [0.15, 0.2) is 5.78 Å². The molecule has 0 saturated carbocycles. The number of ether oxygens (including phenoxy) is 2. The Bertz CT molecular complexity index is 679. The average Bonchev–Trinajstić information content (AvgIpc) is 3.15. The van der Waals surface area contributed by atoms with E-state index >= 15 is 0 Å². The largest absolute Gasteiger partial charge is 0.496 e. The Morgan fingerprint density at radius 2 is 1.83 bits per heavy atom. The van der Waals surface area contributed by atoms with Crippen LogP contribution in [-0.4, -0.2) is 44.0 Å². The van der Waals surface area contributed by atoms with E-state index in [-0.39, 0.29) is 5.78 Å². The molecule has 4 heteroatoms. The lowest BCUT2D eigenvalue weighted by molar-refractivity contribution is 0.103. The first-order valence-corrected chi connectivity index (χ1v) is 8.41. The van der Waals surface area contributed by atoms with Gasteiger partial charge < -0.3 is 9.47 Å². The van der Waals surface area contributed by atoms with Gasteiger partial charge in [0.1, 0.15) is 18.1 Å². The molecule has 0 atom stereocenters. The minimum Gasteiger partial charge on any atom is -0.496 e. The summed E-state index contributed by atoms with van der Waals surface area (Å²) in [5.74, 6) is 1.23. The van der Waals surface area contributed by atoms with Gasteiger partial charge in [0.05, 0.1) is 12.7 Å². The summed E-state index contributed by atoms with van der Waals surface area (Å²) in [6.07, 6.45) is 2.56. The third kappa shape index (κ3) is 3.95. The van der Waals surface area contributed by atoms with Gasteiger partial charge in [-0.15, -0.1) is 0 Å². The Balaban J connectivity index is 1.67. The molecule has 0 amide bonds. The Kier molecular flexibility index (Phi) is 5.49. The Labute approximate surface area is 143 Å². The van der Waals surface area contributed by atoms with E-state index in [1.807, 2.05) is 36.4 Å². The summed E-state index contributed by atoms with van der Waals surface area (Å²) in [5, 5.41) is 0. The minimum absolute atomic E-state index is 0.0453. The predicted molar refractivity (Wildman–Crippen MR) is 94.0 cm³/mol. The highest BCUT2D eigenvalue weighted by atomic mass is 16.5. The number of hydrogen-bond donors (Lipinski definition) is 0. The minimum atomic E-state index is -0.0453. The molecule has 1 heterocycles. The van der Waals surface area contributed by atoms with E-state index in [0.29, 0.717) is 23.5 Å². The van der Waals surface area contributed by atoms with E-state index in [0.717, 1.165) is 25.4 Å². The SMILES string of the molecule is COc1cc(OCCN2CCCC2)ccc1C(=O)c1ccccc1. The van der Waals surface area contributed by atoms with E-state index in [4.69, 9.17) is 9.47 Å². The lowest BCUT2D eigenvalue weighted by Gasteiger charge is -2.16. The first-order valence-electron chi connectivity index (χ1n) is 8.41. The fourth-order valence-corrected chi connectivity index (χ4v) is 2.99. The molecule has 3 rings (SSSR count). The van der Waals surface area contributed by atoms with Crippen LogP contribution in [0.5, 0.6) is 11.5 Å². The van der Waals surface area contributed by atoms with Crippen molar-refractivity contribution in [2.45, 2.75) is 12.8 Å². The molecule has 4 nitrogen and oxygen atoms in total. The number of likely N-dealkylation sites (tertiary alicyclic amines) is 1. The maximum absolute atomic E-state index is 12.6. The number of rotatable bonds is 7. The first kappa shape index (κ1) is 16.5. The van der Waals surface area contributed by atoms with Gasteiger partial charge in [-0.05, 0) is 38.1 Å². The number of carbonyl (C=O) groups excluding carboxylic acids is 1. The van der Waals surface area contributed by atoms with Gasteiger partial charge >= 0.3 is 0 Å². The van der Waals surface area contributed by atoms with Crippen molar-refractivity contribution in [2.75, 3.05) is 33.4 Å². The van der Waals surface area contributed by atoms with Crippen LogP contribution in [0.25, 0.3) is 0 Å². The number of hydrogen-bond acceptors (Lipinski definition) is 4. The molecule has 0 aromatic heterocycles. The average molecular weight is 325 g/mol. The number of benzene rings is 2. The van der Waals surface area contributed by atoms with Gasteiger partial charge in [0.2, 0.25) is 0 Å². The van der Waals surface area contributed by atoms with Crippen molar-refractivity contribution >= 4 is 5.78 Å². The lowest BCUT2D eigenvalue weighted by atomic mass is 10.0. The smallest absolute Gasteiger partial charge is 0.196 e. The lowest BCUT2D eigenvalue weighted by Crippen LogP contribution is -2.25. The summed E-state index contributed by atoms with van der Waals surface area (Å²) >= 11 is 0. The van der Waals surface area contributed by atoms with Crippen LogP contribution < -0.4 is 9.47 Å². The summed E-state index contributed by atoms with van der Waals surface area (Å²) in [5.41, 5.74) is 1.20. The zero-order valence-electron chi connectivity index (χ0n) is 14.0. The van der Waals surface area contributed by atoms with E-state index in [9.17, 15) is 4.79 Å². The quantitative estimate of drug-likeness (QED) is 0.731. The third-order valence-electron chi connectivity index (χ3n) is 4.33. The fraction of sp³-hybridized carbons (Fsp3) is 0.350. The normalized spacial score (nSPS) is 14.5. The molecule has 0 radical (unpaired) electrons. The summed E-state index contributed by atoms with van der Waals surface area (Å²) in [6, 6.07) is 14.6. The molecule has 24 heavy (non-hydrogen) atoms. The molecule has 0 N–H and O–H groups in total. The predicted octanol–water partition coefficient (Wildman–Crippen LogP) is 3.40. The van der Waals surface area contributed by atoms with Crippen LogP contribution in [0.1, 0.15) is 28.8 Å². The van der Waals surface area contributed by atoms with Crippen LogP contribution in [0.15, 0.2) is 48.5 Å². The highest BCUT2D eigenvalue weighted by Gasteiger charge is 2.15. The molecule has 0 aliphatic carbocycles. The van der Waals surface area contributed by atoms with Crippen LogP contribution >= 0.6 is 0 Å². The van der Waals surface area contributed by atoms with E-state index < -0.39 is 0 Å². The zero-order valence-corrected chi connectivity index (χ0v) is 14.0. The summed E-state index contributed by atoms with van der Waals surface area (Å²) in [7, 11) is 1.57. The van der Waals surface area contributed by atoms with Crippen molar-refractivity contribution in [3.8, 4) is 11.5 Å². The first-order chi connectivity index (χ1) is 11.8. The molecule has 2 aromatic carbocycles. The van der Waals surface area contributed by atoms with Crippen molar-refractivity contribution in [1.29, 1.82) is 0 Å². The van der Waals surface area contributed by atoms with Crippen molar-refractivity contribution in [2.24, 2.45) is 0 Å². The maximum Gasteiger partial charge on any atom is 0.196 e. The van der Waals surface area contributed by atoms with Gasteiger partial charge in [0.25, 0.3) is 0 Å². The second kappa shape index (κ2) is 7.97. The second-order valence-electron chi connectivity index (χ2n) is 5.95. The third-order valence-corrected chi connectivity index (χ3v) is 4.33. The molecule has 0 spiro atoms. The molecule has 1 saturated heterocycles. The summed E-state index contributed by atoms with van der Waals surface area (Å²) in [6.45, 7) is 3.91. The van der Waals surface area contributed by atoms with Crippen LogP contribution in [0.4, 0.5) is 0 Å². The van der Waals surface area contributed by atoms with Crippen LogP contribution in [0.3, 0.4) is 0 Å². The van der Waals surface area contributed by atoms with Crippen LogP contribution in [0.2, 0.25) is 0 Å². The van der Waals surface area contributed by atoms with Crippen molar-refractivity contribution < 1.29 is 14.3 Å². The van der Waals surface area contributed by atoms with Crippen molar-refractivity contribution in [3.05, 3.63) is 59.7 Å². The molecule has 1 aliphatic heterocycles. The number of carbonyl (C=O) groups is 1. The molecule has 2 aromatic rings. The standard InChI is InChI=1S/C20H23NO3/c1-23-19-15-17(24-14-13-21-11-5-6-12-21)9-10-18(19)20(22)16-7-3-2-4-8-16/h2-4,7-10,15H,5-6,11-14H2,1H3. The van der Waals surface area contributed by atoms with E-state index in [2.05, 4.69) is 4.90 Å².